The molecule has 0 aliphatic carbocycles. The number of hydrogen-bond acceptors (Lipinski definition) is 3. The van der Waals surface area contributed by atoms with Gasteiger partial charge in [-0.3, -0.25) is 4.90 Å². The Morgan fingerprint density at radius 2 is 1.86 bits per heavy atom. The van der Waals surface area contributed by atoms with Crippen molar-refractivity contribution in [2.24, 2.45) is 0 Å². The molecule has 0 spiro atoms. The quantitative estimate of drug-likeness (QED) is 0.794. The van der Waals surface area contributed by atoms with Crippen LogP contribution in [0.2, 0.25) is 0 Å². The first-order chi connectivity index (χ1) is 10.3. The number of nitrogens with one attached hydrogen (secondary N) is 1. The molecule has 0 bridgehead atoms. The summed E-state index contributed by atoms with van der Waals surface area (Å²) in [5.41, 5.74) is 1.48. The van der Waals surface area contributed by atoms with Crippen LogP contribution >= 0.6 is 0 Å². The predicted octanol–water partition coefficient (Wildman–Crippen LogP) is 2.75. The first kappa shape index (κ1) is 16.5. The number of benzene rings is 1. The summed E-state index contributed by atoms with van der Waals surface area (Å²) in [5, 5.41) is 3.46. The molecular weight excluding hydrogens is 258 g/mol. The van der Waals surface area contributed by atoms with Crippen LogP contribution in [0.3, 0.4) is 0 Å². The lowest BCUT2D eigenvalue weighted by molar-refractivity contribution is 0.159. The maximum Gasteiger partial charge on any atom is 0.0349 e. The molecule has 0 aromatic heterocycles. The minimum Gasteiger partial charge on any atom is -0.314 e. The Balaban J connectivity index is 1.92. The first-order valence-electron chi connectivity index (χ1n) is 8.49. The molecule has 1 aliphatic heterocycles. The van der Waals surface area contributed by atoms with Crippen molar-refractivity contribution >= 4 is 0 Å². The van der Waals surface area contributed by atoms with E-state index in [4.69, 9.17) is 0 Å². The van der Waals surface area contributed by atoms with Gasteiger partial charge in [-0.1, -0.05) is 37.3 Å². The van der Waals surface area contributed by atoms with Gasteiger partial charge in [-0.25, -0.2) is 0 Å². The van der Waals surface area contributed by atoms with Gasteiger partial charge in [0.15, 0.2) is 0 Å². The summed E-state index contributed by atoms with van der Waals surface area (Å²) < 4.78 is 0. The van der Waals surface area contributed by atoms with Gasteiger partial charge in [0.05, 0.1) is 0 Å². The Morgan fingerprint density at radius 1 is 1.14 bits per heavy atom. The number of nitrogens with zero attached hydrogens (tertiary/aromatic N) is 2. The highest BCUT2D eigenvalue weighted by Crippen LogP contribution is 2.26. The predicted molar refractivity (Wildman–Crippen MR) is 90.6 cm³/mol. The van der Waals surface area contributed by atoms with Gasteiger partial charge < -0.3 is 10.2 Å². The Kier molecular flexibility index (Phi) is 7.20. The standard InChI is InChI=1S/C18H31N3/c1-3-13-20(2)14-7-10-18(17-8-5-4-6-9-17)21-15-11-19-12-16-21/h4-6,8-9,18-19H,3,7,10-16H2,1-2H3. The number of rotatable bonds is 8. The highest BCUT2D eigenvalue weighted by atomic mass is 15.2. The molecule has 1 unspecified atom stereocenters. The van der Waals surface area contributed by atoms with Crippen LogP contribution in [-0.2, 0) is 0 Å². The highest BCUT2D eigenvalue weighted by molar-refractivity contribution is 5.19. The van der Waals surface area contributed by atoms with Gasteiger partial charge in [0.2, 0.25) is 0 Å². The van der Waals surface area contributed by atoms with Crippen LogP contribution in [0.5, 0.6) is 0 Å². The van der Waals surface area contributed by atoms with E-state index in [1.807, 2.05) is 0 Å². The van der Waals surface area contributed by atoms with Crippen LogP contribution in [-0.4, -0.2) is 56.1 Å². The summed E-state index contributed by atoms with van der Waals surface area (Å²) in [7, 11) is 2.24. The van der Waals surface area contributed by atoms with Gasteiger partial charge >= 0.3 is 0 Å². The largest absolute Gasteiger partial charge is 0.314 e. The average Bonchev–Trinajstić information content (AvgIpc) is 2.53. The van der Waals surface area contributed by atoms with E-state index in [-0.39, 0.29) is 0 Å². The smallest absolute Gasteiger partial charge is 0.0349 e. The molecule has 1 saturated heterocycles. The molecule has 1 N–H and O–H groups in total. The Morgan fingerprint density at radius 3 is 2.52 bits per heavy atom. The molecule has 0 radical (unpaired) electrons. The summed E-state index contributed by atoms with van der Waals surface area (Å²) in [6.07, 6.45) is 3.79. The Bertz CT molecular complexity index is 373. The summed E-state index contributed by atoms with van der Waals surface area (Å²) >= 11 is 0. The summed E-state index contributed by atoms with van der Waals surface area (Å²) in [4.78, 5) is 5.12. The molecule has 1 atom stereocenters. The molecule has 0 saturated carbocycles. The minimum atomic E-state index is 0.586. The molecule has 118 valence electrons. The average molecular weight is 289 g/mol. The van der Waals surface area contributed by atoms with Crippen LogP contribution < -0.4 is 5.32 Å². The van der Waals surface area contributed by atoms with Crippen molar-refractivity contribution in [2.45, 2.75) is 32.2 Å². The lowest BCUT2D eigenvalue weighted by Gasteiger charge is -2.35. The maximum absolute atomic E-state index is 3.46. The van der Waals surface area contributed by atoms with Gasteiger partial charge in [-0.05, 0) is 45.0 Å². The van der Waals surface area contributed by atoms with E-state index in [1.165, 1.54) is 51.0 Å². The van der Waals surface area contributed by atoms with Crippen molar-refractivity contribution < 1.29 is 0 Å². The van der Waals surface area contributed by atoms with E-state index in [9.17, 15) is 0 Å². The molecule has 1 heterocycles. The number of piperazine rings is 1. The zero-order valence-electron chi connectivity index (χ0n) is 13.7. The second kappa shape index (κ2) is 9.19. The Hall–Kier alpha value is -0.900. The van der Waals surface area contributed by atoms with Crippen molar-refractivity contribution in [1.29, 1.82) is 0 Å². The highest BCUT2D eigenvalue weighted by Gasteiger charge is 2.21. The first-order valence-corrected chi connectivity index (χ1v) is 8.49. The van der Waals surface area contributed by atoms with Crippen molar-refractivity contribution in [3.63, 3.8) is 0 Å². The molecule has 1 aromatic carbocycles. The van der Waals surface area contributed by atoms with Gasteiger partial charge in [0, 0.05) is 32.2 Å². The van der Waals surface area contributed by atoms with Gasteiger partial charge in [-0.2, -0.15) is 0 Å². The second-order valence-corrected chi connectivity index (χ2v) is 6.16. The topological polar surface area (TPSA) is 18.5 Å². The molecule has 0 amide bonds. The van der Waals surface area contributed by atoms with Gasteiger partial charge in [-0.15, -0.1) is 0 Å². The molecular formula is C18H31N3. The van der Waals surface area contributed by atoms with Crippen molar-refractivity contribution in [2.75, 3.05) is 46.3 Å². The van der Waals surface area contributed by atoms with Crippen LogP contribution in [0.25, 0.3) is 0 Å². The lowest BCUT2D eigenvalue weighted by atomic mass is 9.99. The molecule has 1 fully saturated rings. The van der Waals surface area contributed by atoms with E-state index in [0.717, 1.165) is 13.1 Å². The van der Waals surface area contributed by atoms with E-state index in [2.05, 4.69) is 59.4 Å². The van der Waals surface area contributed by atoms with Crippen LogP contribution in [0.15, 0.2) is 30.3 Å². The van der Waals surface area contributed by atoms with Crippen molar-refractivity contribution in [3.05, 3.63) is 35.9 Å². The van der Waals surface area contributed by atoms with E-state index in [0.29, 0.717) is 6.04 Å². The maximum atomic E-state index is 3.46. The summed E-state index contributed by atoms with van der Waals surface area (Å²) in [6.45, 7) is 9.27. The van der Waals surface area contributed by atoms with Crippen LogP contribution in [0.4, 0.5) is 0 Å². The van der Waals surface area contributed by atoms with Crippen molar-refractivity contribution in [3.8, 4) is 0 Å². The molecule has 3 heteroatoms. The Labute approximate surface area is 130 Å². The number of hydrogen-bond donors (Lipinski definition) is 1. The fourth-order valence-electron chi connectivity index (χ4n) is 3.28. The third-order valence-electron chi connectivity index (χ3n) is 4.40. The summed E-state index contributed by atoms with van der Waals surface area (Å²) in [5.74, 6) is 0. The fraction of sp³-hybridized carbons (Fsp3) is 0.667. The zero-order valence-corrected chi connectivity index (χ0v) is 13.7. The van der Waals surface area contributed by atoms with E-state index < -0.39 is 0 Å². The van der Waals surface area contributed by atoms with E-state index >= 15 is 0 Å². The van der Waals surface area contributed by atoms with Crippen molar-refractivity contribution in [1.82, 2.24) is 15.1 Å². The lowest BCUT2D eigenvalue weighted by Crippen LogP contribution is -2.45. The third-order valence-corrected chi connectivity index (χ3v) is 4.40. The molecule has 1 aromatic rings. The summed E-state index contributed by atoms with van der Waals surface area (Å²) in [6, 6.07) is 11.6. The molecule has 2 rings (SSSR count). The molecule has 3 nitrogen and oxygen atoms in total. The zero-order chi connectivity index (χ0) is 14.9. The SMILES string of the molecule is CCCN(C)CCCC(c1ccccc1)N1CCNCC1. The monoisotopic (exact) mass is 289 g/mol. The van der Waals surface area contributed by atoms with Crippen LogP contribution in [0, 0.1) is 0 Å². The van der Waals surface area contributed by atoms with E-state index in [1.54, 1.807) is 0 Å². The minimum absolute atomic E-state index is 0.586. The molecule has 1 aliphatic rings. The molecule has 21 heavy (non-hydrogen) atoms. The second-order valence-electron chi connectivity index (χ2n) is 6.16. The van der Waals surface area contributed by atoms with Crippen LogP contribution in [0.1, 0.15) is 37.8 Å². The van der Waals surface area contributed by atoms with Gasteiger partial charge in [0.25, 0.3) is 0 Å². The third kappa shape index (κ3) is 5.42. The van der Waals surface area contributed by atoms with Gasteiger partial charge in [0.1, 0.15) is 0 Å². The normalized spacial score (nSPS) is 18.0. The fourth-order valence-corrected chi connectivity index (χ4v) is 3.28.